The van der Waals surface area contributed by atoms with E-state index in [9.17, 15) is 8.42 Å². The van der Waals surface area contributed by atoms with Crippen LogP contribution in [0.15, 0.2) is 59.8 Å². The maximum absolute atomic E-state index is 12.5. The summed E-state index contributed by atoms with van der Waals surface area (Å²) < 4.78 is 34.4. The largest absolute Gasteiger partial charge is 0.495 e. The van der Waals surface area contributed by atoms with Gasteiger partial charge >= 0.3 is 0 Å². The number of sulfonamides is 1. The van der Waals surface area contributed by atoms with Crippen LogP contribution in [0.4, 0.5) is 0 Å². The minimum absolute atomic E-state index is 0.0826. The van der Waals surface area contributed by atoms with Crippen LogP contribution < -0.4 is 9.46 Å². The fourth-order valence-corrected chi connectivity index (χ4v) is 3.66. The Morgan fingerprint density at radius 3 is 2.60 bits per heavy atom. The molecule has 0 saturated carbocycles. The van der Waals surface area contributed by atoms with Crippen LogP contribution in [0.3, 0.4) is 0 Å². The molecule has 0 saturated heterocycles. The number of nitrogens with zero attached hydrogens (tertiary/aromatic N) is 3. The van der Waals surface area contributed by atoms with E-state index in [1.54, 1.807) is 35.3 Å². The smallest absolute Gasteiger partial charge is 0.244 e. The van der Waals surface area contributed by atoms with Crippen LogP contribution in [0, 0.1) is 0 Å². The third-order valence-electron chi connectivity index (χ3n) is 3.71. The lowest BCUT2D eigenvalue weighted by atomic mass is 10.2. The molecule has 3 aromatic rings. The molecule has 0 unspecified atom stereocenters. The van der Waals surface area contributed by atoms with Crippen LogP contribution in [0.1, 0.15) is 5.69 Å². The highest BCUT2D eigenvalue weighted by atomic mass is 32.2. The fourth-order valence-electron chi connectivity index (χ4n) is 2.49. The van der Waals surface area contributed by atoms with E-state index in [1.165, 1.54) is 13.2 Å². The Morgan fingerprint density at radius 1 is 1.16 bits per heavy atom. The molecule has 2 aromatic heterocycles. The third kappa shape index (κ3) is 3.70. The number of para-hydroxylation sites is 1. The molecule has 0 aliphatic carbocycles. The van der Waals surface area contributed by atoms with E-state index in [4.69, 9.17) is 4.74 Å². The number of hydrogen-bond donors (Lipinski definition) is 1. The van der Waals surface area contributed by atoms with Crippen LogP contribution in [-0.2, 0) is 23.6 Å². The van der Waals surface area contributed by atoms with Crippen molar-refractivity contribution in [3.63, 3.8) is 0 Å². The highest BCUT2D eigenvalue weighted by Crippen LogP contribution is 2.23. The van der Waals surface area contributed by atoms with E-state index in [0.29, 0.717) is 11.4 Å². The Labute approximate surface area is 146 Å². The quantitative estimate of drug-likeness (QED) is 0.728. The zero-order chi connectivity index (χ0) is 17.9. The van der Waals surface area contributed by atoms with Crippen molar-refractivity contribution in [1.29, 1.82) is 0 Å². The van der Waals surface area contributed by atoms with Crippen LogP contribution in [0.25, 0.3) is 11.3 Å². The third-order valence-corrected chi connectivity index (χ3v) is 5.15. The number of methoxy groups -OCH3 is 1. The molecular weight excluding hydrogens is 340 g/mol. The first-order valence-electron chi connectivity index (χ1n) is 7.57. The van der Waals surface area contributed by atoms with E-state index >= 15 is 0 Å². The number of benzene rings is 1. The summed E-state index contributed by atoms with van der Waals surface area (Å²) in [4.78, 5) is 4.09. The predicted octanol–water partition coefficient (Wildman–Crippen LogP) is 1.97. The number of ether oxygens (including phenoxy) is 1. The second-order valence-electron chi connectivity index (χ2n) is 5.36. The molecule has 0 amide bonds. The Hall–Kier alpha value is -2.71. The van der Waals surface area contributed by atoms with Crippen molar-refractivity contribution >= 4 is 10.0 Å². The van der Waals surface area contributed by atoms with Crippen LogP contribution in [0.5, 0.6) is 5.75 Å². The molecule has 0 atom stereocenters. The lowest BCUT2D eigenvalue weighted by Gasteiger charge is -2.09. The number of hydrogen-bond acceptors (Lipinski definition) is 5. The highest BCUT2D eigenvalue weighted by molar-refractivity contribution is 7.89. The predicted molar refractivity (Wildman–Crippen MR) is 93.5 cm³/mol. The average molecular weight is 358 g/mol. The van der Waals surface area contributed by atoms with Gasteiger partial charge in [-0.1, -0.05) is 12.1 Å². The molecular formula is C17H18N4O3S. The zero-order valence-electron chi connectivity index (χ0n) is 13.9. The summed E-state index contributed by atoms with van der Waals surface area (Å²) in [6.07, 6.45) is 3.40. The minimum atomic E-state index is -3.70. The van der Waals surface area contributed by atoms with E-state index in [2.05, 4.69) is 14.8 Å². The average Bonchev–Trinajstić information content (AvgIpc) is 3.01. The van der Waals surface area contributed by atoms with Crippen molar-refractivity contribution in [2.24, 2.45) is 7.05 Å². The minimum Gasteiger partial charge on any atom is -0.495 e. The van der Waals surface area contributed by atoms with E-state index in [1.807, 2.05) is 25.2 Å². The topological polar surface area (TPSA) is 86.1 Å². The van der Waals surface area contributed by atoms with Gasteiger partial charge in [-0.05, 0) is 30.3 Å². The molecule has 1 N–H and O–H groups in total. The summed E-state index contributed by atoms with van der Waals surface area (Å²) in [7, 11) is -0.452. The molecule has 7 nitrogen and oxygen atoms in total. The first-order valence-corrected chi connectivity index (χ1v) is 9.05. The van der Waals surface area contributed by atoms with E-state index in [0.717, 1.165) is 11.3 Å². The highest BCUT2D eigenvalue weighted by Gasteiger charge is 2.19. The van der Waals surface area contributed by atoms with Gasteiger partial charge in [-0.15, -0.1) is 0 Å². The van der Waals surface area contributed by atoms with Crippen molar-refractivity contribution in [3.8, 4) is 17.0 Å². The molecule has 0 bridgehead atoms. The normalized spacial score (nSPS) is 11.4. The molecule has 3 rings (SSSR count). The first kappa shape index (κ1) is 17.1. The van der Waals surface area contributed by atoms with Crippen LogP contribution in [0.2, 0.25) is 0 Å². The Morgan fingerprint density at radius 2 is 1.88 bits per heavy atom. The Kier molecular flexibility index (Phi) is 4.82. The van der Waals surface area contributed by atoms with Gasteiger partial charge in [0, 0.05) is 25.0 Å². The van der Waals surface area contributed by atoms with Crippen LogP contribution in [-0.4, -0.2) is 30.3 Å². The molecule has 0 aliphatic rings. The van der Waals surface area contributed by atoms with Gasteiger partial charge in [-0.25, -0.2) is 13.1 Å². The fraction of sp³-hybridized carbons (Fsp3) is 0.176. The summed E-state index contributed by atoms with van der Waals surface area (Å²) >= 11 is 0. The maximum atomic E-state index is 12.5. The summed E-state index contributed by atoms with van der Waals surface area (Å²) in [5, 5.41) is 4.36. The zero-order valence-corrected chi connectivity index (χ0v) is 14.7. The lowest BCUT2D eigenvalue weighted by molar-refractivity contribution is 0.402. The van der Waals surface area contributed by atoms with Gasteiger partial charge in [0.2, 0.25) is 10.0 Å². The van der Waals surface area contributed by atoms with Gasteiger partial charge in [0.05, 0.1) is 25.0 Å². The second-order valence-corrected chi connectivity index (χ2v) is 7.09. The molecule has 8 heteroatoms. The van der Waals surface area contributed by atoms with E-state index < -0.39 is 10.0 Å². The summed E-state index contributed by atoms with van der Waals surface area (Å²) in [6, 6.07) is 12.1. The van der Waals surface area contributed by atoms with Gasteiger partial charge in [-0.3, -0.25) is 9.67 Å². The van der Waals surface area contributed by atoms with Crippen LogP contribution >= 0.6 is 0 Å². The molecule has 1 aromatic carbocycles. The molecule has 130 valence electrons. The summed E-state index contributed by atoms with van der Waals surface area (Å²) in [6.45, 7) is 0.0826. The van der Waals surface area contributed by atoms with Gasteiger partial charge in [-0.2, -0.15) is 5.10 Å². The van der Waals surface area contributed by atoms with Crippen molar-refractivity contribution in [2.45, 2.75) is 11.4 Å². The number of aryl methyl sites for hydroxylation is 1. The Balaban J connectivity index is 1.80. The molecule has 2 heterocycles. The molecule has 0 spiro atoms. The van der Waals surface area contributed by atoms with Crippen molar-refractivity contribution in [3.05, 3.63) is 60.6 Å². The first-order chi connectivity index (χ1) is 12.0. The Bertz CT molecular complexity index is 969. The maximum Gasteiger partial charge on any atom is 0.244 e. The molecule has 0 aliphatic heterocycles. The van der Waals surface area contributed by atoms with E-state index in [-0.39, 0.29) is 11.4 Å². The molecule has 25 heavy (non-hydrogen) atoms. The SMILES string of the molecule is COc1ccccc1S(=O)(=O)NCc1cc(-c2ccncc2)n(C)n1. The number of pyridine rings is 1. The number of rotatable bonds is 6. The lowest BCUT2D eigenvalue weighted by Crippen LogP contribution is -2.24. The van der Waals surface area contributed by atoms with Gasteiger partial charge in [0.25, 0.3) is 0 Å². The van der Waals surface area contributed by atoms with Crippen molar-refractivity contribution < 1.29 is 13.2 Å². The second kappa shape index (κ2) is 7.04. The molecule has 0 fully saturated rings. The number of aromatic nitrogens is 3. The number of nitrogens with one attached hydrogen (secondary N) is 1. The summed E-state index contributed by atoms with van der Waals surface area (Å²) in [5.41, 5.74) is 2.46. The monoisotopic (exact) mass is 358 g/mol. The van der Waals surface area contributed by atoms with Gasteiger partial charge in [0.15, 0.2) is 0 Å². The molecule has 0 radical (unpaired) electrons. The van der Waals surface area contributed by atoms with Crippen molar-refractivity contribution in [1.82, 2.24) is 19.5 Å². The van der Waals surface area contributed by atoms with Gasteiger partial charge < -0.3 is 4.74 Å². The van der Waals surface area contributed by atoms with Crippen molar-refractivity contribution in [2.75, 3.05) is 7.11 Å². The summed E-state index contributed by atoms with van der Waals surface area (Å²) in [5.74, 6) is 0.300. The van der Waals surface area contributed by atoms with Gasteiger partial charge in [0.1, 0.15) is 10.6 Å². The standard InChI is InChI=1S/C17H18N4O3S/c1-21-15(13-7-9-18-10-8-13)11-14(20-21)12-19-25(22,23)17-6-4-3-5-16(17)24-2/h3-11,19H,12H2,1-2H3.